The van der Waals surface area contributed by atoms with Gasteiger partial charge in [-0.3, -0.25) is 14.6 Å². The number of carbonyl (C=O) groups excluding carboxylic acids is 2. The van der Waals surface area contributed by atoms with Gasteiger partial charge >= 0.3 is 0 Å². The van der Waals surface area contributed by atoms with Gasteiger partial charge in [-0.05, 0) is 19.8 Å². The van der Waals surface area contributed by atoms with Crippen LogP contribution in [0.1, 0.15) is 63.4 Å². The third-order valence-corrected chi connectivity index (χ3v) is 3.85. The Morgan fingerprint density at radius 1 is 1.26 bits per heavy atom. The molecule has 0 aromatic carbocycles. The second kappa shape index (κ2) is 10.7. The molecule has 1 rings (SSSR count). The number of hydrogen-bond acceptors (Lipinski definition) is 4. The molecule has 1 N–H and O–H groups in total. The summed E-state index contributed by atoms with van der Waals surface area (Å²) in [6.07, 6.45) is 8.87. The van der Waals surface area contributed by atoms with Crippen molar-refractivity contribution in [3.05, 3.63) is 24.3 Å². The van der Waals surface area contributed by atoms with Gasteiger partial charge in [0.2, 0.25) is 5.91 Å². The number of rotatable bonds is 10. The first-order valence-electron chi connectivity index (χ1n) is 8.43. The van der Waals surface area contributed by atoms with E-state index in [0.717, 1.165) is 25.7 Å². The van der Waals surface area contributed by atoms with Crippen molar-refractivity contribution in [1.82, 2.24) is 20.2 Å². The molecule has 1 heterocycles. The highest BCUT2D eigenvalue weighted by atomic mass is 16.2. The summed E-state index contributed by atoms with van der Waals surface area (Å²) in [7, 11) is 0. The number of carbonyl (C=O) groups is 2. The lowest BCUT2D eigenvalue weighted by Crippen LogP contribution is -2.41. The molecule has 1 aromatic rings. The van der Waals surface area contributed by atoms with Crippen LogP contribution in [0, 0.1) is 0 Å². The van der Waals surface area contributed by atoms with Gasteiger partial charge in [0.1, 0.15) is 5.69 Å². The van der Waals surface area contributed by atoms with Crippen molar-refractivity contribution in [3.63, 3.8) is 0 Å². The minimum absolute atomic E-state index is 0.0126. The molecule has 6 heteroatoms. The molecule has 1 atom stereocenters. The van der Waals surface area contributed by atoms with E-state index in [1.165, 1.54) is 18.6 Å². The summed E-state index contributed by atoms with van der Waals surface area (Å²) in [5.41, 5.74) is 0.316. The minimum Gasteiger partial charge on any atom is -0.356 e. The number of amides is 2. The highest BCUT2D eigenvalue weighted by Gasteiger charge is 2.22. The smallest absolute Gasteiger partial charge is 0.274 e. The van der Waals surface area contributed by atoms with Gasteiger partial charge in [-0.2, -0.15) is 0 Å². The largest absolute Gasteiger partial charge is 0.356 e. The lowest BCUT2D eigenvalue weighted by molar-refractivity contribution is -0.121. The Hall–Kier alpha value is -1.98. The topological polar surface area (TPSA) is 75.2 Å². The lowest BCUT2D eigenvalue weighted by atomic mass is 10.2. The number of aromatic nitrogens is 2. The number of nitrogens with one attached hydrogen (secondary N) is 1. The van der Waals surface area contributed by atoms with Crippen molar-refractivity contribution in [2.75, 3.05) is 13.1 Å². The predicted molar refractivity (Wildman–Crippen MR) is 90.0 cm³/mol. The third kappa shape index (κ3) is 6.76. The minimum atomic E-state index is -0.175. The van der Waals surface area contributed by atoms with Crippen LogP contribution in [0.5, 0.6) is 0 Å². The van der Waals surface area contributed by atoms with Crippen molar-refractivity contribution in [2.45, 2.75) is 58.9 Å². The fourth-order valence-corrected chi connectivity index (χ4v) is 2.21. The monoisotopic (exact) mass is 320 g/mol. The van der Waals surface area contributed by atoms with Crippen LogP contribution < -0.4 is 5.32 Å². The first-order valence-corrected chi connectivity index (χ1v) is 8.43. The molecule has 0 fully saturated rings. The summed E-state index contributed by atoms with van der Waals surface area (Å²) >= 11 is 0. The van der Waals surface area contributed by atoms with Gasteiger partial charge in [0.15, 0.2) is 0 Å². The molecular weight excluding hydrogens is 292 g/mol. The van der Waals surface area contributed by atoms with Crippen molar-refractivity contribution < 1.29 is 9.59 Å². The van der Waals surface area contributed by atoms with E-state index in [1.807, 2.05) is 13.8 Å². The fourth-order valence-electron chi connectivity index (χ4n) is 2.21. The van der Waals surface area contributed by atoms with Crippen LogP contribution in [0.15, 0.2) is 18.6 Å². The molecule has 1 aromatic heterocycles. The van der Waals surface area contributed by atoms with Gasteiger partial charge in [0, 0.05) is 37.9 Å². The van der Waals surface area contributed by atoms with Crippen molar-refractivity contribution >= 4 is 11.8 Å². The molecule has 6 nitrogen and oxygen atoms in total. The number of hydrogen-bond donors (Lipinski definition) is 1. The Balaban J connectivity index is 2.55. The van der Waals surface area contributed by atoms with Gasteiger partial charge in [-0.1, -0.05) is 26.7 Å². The van der Waals surface area contributed by atoms with Crippen molar-refractivity contribution in [2.24, 2.45) is 0 Å². The Labute approximate surface area is 138 Å². The van der Waals surface area contributed by atoms with E-state index in [0.29, 0.717) is 25.2 Å². The van der Waals surface area contributed by atoms with E-state index >= 15 is 0 Å². The Kier molecular flexibility index (Phi) is 8.87. The average molecular weight is 320 g/mol. The average Bonchev–Trinajstić information content (AvgIpc) is 2.59. The molecule has 0 aliphatic carbocycles. The van der Waals surface area contributed by atoms with E-state index < -0.39 is 0 Å². The molecule has 0 aliphatic heterocycles. The van der Waals surface area contributed by atoms with Crippen molar-refractivity contribution in [3.8, 4) is 0 Å². The van der Waals surface area contributed by atoms with Crippen LogP contribution in [0.25, 0.3) is 0 Å². The lowest BCUT2D eigenvalue weighted by Gasteiger charge is -2.28. The summed E-state index contributed by atoms with van der Waals surface area (Å²) < 4.78 is 0. The molecule has 0 saturated carbocycles. The first kappa shape index (κ1) is 19.1. The second-order valence-corrected chi connectivity index (χ2v) is 5.65. The summed E-state index contributed by atoms with van der Waals surface area (Å²) in [6.45, 7) is 7.22. The van der Waals surface area contributed by atoms with Crippen LogP contribution in [-0.2, 0) is 4.79 Å². The van der Waals surface area contributed by atoms with E-state index in [1.54, 1.807) is 4.90 Å². The molecular formula is C17H28N4O2. The van der Waals surface area contributed by atoms with Crippen LogP contribution in [-0.4, -0.2) is 45.8 Å². The van der Waals surface area contributed by atoms with E-state index in [9.17, 15) is 9.59 Å². The van der Waals surface area contributed by atoms with Crippen LogP contribution >= 0.6 is 0 Å². The predicted octanol–water partition coefficient (Wildman–Crippen LogP) is 2.41. The van der Waals surface area contributed by atoms with Gasteiger partial charge in [-0.25, -0.2) is 4.98 Å². The number of nitrogens with zero attached hydrogens (tertiary/aromatic N) is 3. The molecule has 128 valence electrons. The zero-order valence-electron chi connectivity index (χ0n) is 14.4. The molecule has 0 bridgehead atoms. The van der Waals surface area contributed by atoms with Gasteiger partial charge < -0.3 is 10.2 Å². The van der Waals surface area contributed by atoms with Gasteiger partial charge in [-0.15, -0.1) is 0 Å². The Morgan fingerprint density at radius 3 is 2.65 bits per heavy atom. The molecule has 0 spiro atoms. The van der Waals surface area contributed by atoms with E-state index in [-0.39, 0.29) is 17.9 Å². The Bertz CT molecular complexity index is 479. The maximum atomic E-state index is 12.5. The maximum absolute atomic E-state index is 12.5. The molecule has 1 unspecified atom stereocenters. The molecule has 0 radical (unpaired) electrons. The third-order valence-electron chi connectivity index (χ3n) is 3.85. The van der Waals surface area contributed by atoms with Crippen LogP contribution in [0.3, 0.4) is 0 Å². The standard InChI is InChI=1S/C17H28N4O2/c1-4-6-7-9-20-16(22)8-12-21(14(3)5-2)17(23)15-13-18-10-11-19-15/h10-11,13-14H,4-9,12H2,1-3H3,(H,20,22). The molecule has 23 heavy (non-hydrogen) atoms. The maximum Gasteiger partial charge on any atom is 0.274 e. The highest BCUT2D eigenvalue weighted by Crippen LogP contribution is 2.09. The highest BCUT2D eigenvalue weighted by molar-refractivity contribution is 5.92. The zero-order valence-corrected chi connectivity index (χ0v) is 14.4. The SMILES string of the molecule is CCCCCNC(=O)CCN(C(=O)c1cnccn1)C(C)CC. The summed E-state index contributed by atoms with van der Waals surface area (Å²) in [4.78, 5) is 34.2. The quantitative estimate of drug-likeness (QED) is 0.672. The zero-order chi connectivity index (χ0) is 17.1. The van der Waals surface area contributed by atoms with Gasteiger partial charge in [0.05, 0.1) is 6.20 Å². The molecule has 0 aliphatic rings. The summed E-state index contributed by atoms with van der Waals surface area (Å²) in [5, 5.41) is 2.90. The normalized spacial score (nSPS) is 11.8. The fraction of sp³-hybridized carbons (Fsp3) is 0.647. The van der Waals surface area contributed by atoms with E-state index in [2.05, 4.69) is 22.2 Å². The van der Waals surface area contributed by atoms with E-state index in [4.69, 9.17) is 0 Å². The number of unbranched alkanes of at least 4 members (excludes halogenated alkanes) is 2. The van der Waals surface area contributed by atoms with Crippen LogP contribution in [0.4, 0.5) is 0 Å². The van der Waals surface area contributed by atoms with Crippen molar-refractivity contribution in [1.29, 1.82) is 0 Å². The molecule has 2 amide bonds. The second-order valence-electron chi connectivity index (χ2n) is 5.65. The summed E-state index contributed by atoms with van der Waals surface area (Å²) in [6, 6.07) is 0.0531. The first-order chi connectivity index (χ1) is 11.1. The molecule has 0 saturated heterocycles. The Morgan fingerprint density at radius 2 is 2.04 bits per heavy atom. The van der Waals surface area contributed by atoms with Crippen LogP contribution in [0.2, 0.25) is 0 Å². The summed E-state index contributed by atoms with van der Waals surface area (Å²) in [5.74, 6) is -0.187. The van der Waals surface area contributed by atoms with Gasteiger partial charge in [0.25, 0.3) is 5.91 Å².